The predicted molar refractivity (Wildman–Crippen MR) is 131 cm³/mol. The van der Waals surface area contributed by atoms with Crippen molar-refractivity contribution >= 4 is 11.6 Å². The second-order valence-corrected chi connectivity index (χ2v) is 8.63. The van der Waals surface area contributed by atoms with Gasteiger partial charge in [0.15, 0.2) is 12.5 Å². The lowest BCUT2D eigenvalue weighted by Crippen LogP contribution is -2.37. The molecule has 2 aliphatic heterocycles. The van der Waals surface area contributed by atoms with Crippen LogP contribution < -0.4 is 22.4 Å². The first-order valence-electron chi connectivity index (χ1n) is 11.7. The Labute approximate surface area is 217 Å². The van der Waals surface area contributed by atoms with Gasteiger partial charge < -0.3 is 50.4 Å². The number of aromatic nitrogens is 4. The van der Waals surface area contributed by atoms with Crippen LogP contribution in [-0.2, 0) is 18.9 Å². The minimum absolute atomic E-state index is 0.146. The number of hydrogen-bond donors (Lipinski definition) is 6. The maximum Gasteiger partial charge on any atom is 0.351 e. The first kappa shape index (κ1) is 29.6. The van der Waals surface area contributed by atoms with Crippen molar-refractivity contribution in [3.63, 3.8) is 0 Å². The molecule has 2 unspecified atom stereocenters. The average molecular weight is 543 g/mol. The molecule has 16 heteroatoms. The quantitative estimate of drug-likeness (QED) is 0.204. The maximum absolute atomic E-state index is 11.9. The second kappa shape index (κ2) is 12.7. The zero-order valence-electron chi connectivity index (χ0n) is 21.4. The van der Waals surface area contributed by atoms with Gasteiger partial charge in [-0.05, 0) is 13.0 Å². The molecule has 2 saturated heterocycles. The van der Waals surface area contributed by atoms with Gasteiger partial charge in [0.25, 0.3) is 0 Å². The van der Waals surface area contributed by atoms with E-state index in [4.69, 9.17) is 34.9 Å². The molecule has 7 N–H and O–H groups in total. The third-order valence-corrected chi connectivity index (χ3v) is 6.34. The van der Waals surface area contributed by atoms with Crippen LogP contribution in [0.5, 0.6) is 0 Å². The Morgan fingerprint density at radius 2 is 1.47 bits per heavy atom. The molecule has 212 valence electrons. The first-order chi connectivity index (χ1) is 18.1. The van der Waals surface area contributed by atoms with Crippen molar-refractivity contribution in [2.75, 3.05) is 45.5 Å². The van der Waals surface area contributed by atoms with E-state index in [0.29, 0.717) is 11.4 Å². The van der Waals surface area contributed by atoms with Crippen LogP contribution in [0.2, 0.25) is 0 Å². The van der Waals surface area contributed by atoms with E-state index in [-0.39, 0.29) is 19.0 Å². The first-order valence-corrected chi connectivity index (χ1v) is 11.7. The lowest BCUT2D eigenvalue weighted by molar-refractivity contribution is -0.0625. The Kier molecular flexibility index (Phi) is 9.91. The molecule has 0 spiro atoms. The number of nitrogen functional groups attached to an aromatic ring is 1. The van der Waals surface area contributed by atoms with E-state index in [1.165, 1.54) is 35.7 Å². The van der Waals surface area contributed by atoms with Crippen molar-refractivity contribution < 1.29 is 39.4 Å². The van der Waals surface area contributed by atoms with Crippen molar-refractivity contribution in [2.24, 2.45) is 0 Å². The number of rotatable bonds is 7. The summed E-state index contributed by atoms with van der Waals surface area (Å²) in [5.41, 5.74) is 5.04. The molecule has 4 heterocycles. The number of aliphatic hydroxyl groups is 4. The van der Waals surface area contributed by atoms with E-state index in [1.54, 1.807) is 20.0 Å². The predicted octanol–water partition coefficient (Wildman–Crippen LogP) is -3.05. The van der Waals surface area contributed by atoms with Crippen LogP contribution in [-0.4, -0.2) is 111 Å². The average Bonchev–Trinajstić information content (AvgIpc) is 3.41. The fourth-order valence-corrected chi connectivity index (χ4v) is 4.20. The highest BCUT2D eigenvalue weighted by atomic mass is 16.6. The number of nitrogens with zero attached hydrogens (tertiary/aromatic N) is 4. The lowest BCUT2D eigenvalue weighted by Gasteiger charge is -2.20. The molecule has 38 heavy (non-hydrogen) atoms. The third kappa shape index (κ3) is 5.87. The molecule has 0 aromatic carbocycles. The van der Waals surface area contributed by atoms with Gasteiger partial charge in [-0.2, -0.15) is 9.97 Å². The van der Waals surface area contributed by atoms with Gasteiger partial charge in [0.2, 0.25) is 0 Å². The van der Waals surface area contributed by atoms with E-state index >= 15 is 0 Å². The molecule has 0 bridgehead atoms. The minimum atomic E-state index is -1.02. The number of nitrogens with two attached hydrogens (primary N) is 1. The summed E-state index contributed by atoms with van der Waals surface area (Å²) in [6.07, 6.45) is -3.79. The normalized spacial score (nSPS) is 30.6. The number of aryl methyl sites for hydroxylation is 1. The third-order valence-electron chi connectivity index (χ3n) is 6.34. The van der Waals surface area contributed by atoms with Gasteiger partial charge in [-0.25, -0.2) is 9.59 Å². The summed E-state index contributed by atoms with van der Waals surface area (Å²) in [5, 5.41) is 40.8. The van der Waals surface area contributed by atoms with Crippen LogP contribution in [0.25, 0.3) is 0 Å². The molecule has 2 fully saturated rings. The van der Waals surface area contributed by atoms with Crippen LogP contribution >= 0.6 is 0 Å². The number of methoxy groups -OCH3 is 2. The molecule has 2 aliphatic rings. The summed E-state index contributed by atoms with van der Waals surface area (Å²) in [6, 6.07) is 1.61. The molecular weight excluding hydrogens is 508 g/mol. The zero-order chi connectivity index (χ0) is 28.1. The summed E-state index contributed by atoms with van der Waals surface area (Å²) in [7, 11) is 4.46. The lowest BCUT2D eigenvalue weighted by atomic mass is 10.1. The van der Waals surface area contributed by atoms with Crippen molar-refractivity contribution in [1.29, 1.82) is 0 Å². The Hall–Kier alpha value is -2.96. The molecule has 4 rings (SSSR count). The molecule has 16 nitrogen and oxygen atoms in total. The molecule has 2 aromatic rings. The van der Waals surface area contributed by atoms with Crippen LogP contribution in [0.1, 0.15) is 18.0 Å². The number of nitrogens with one attached hydrogen (secondary N) is 1. The highest BCUT2D eigenvalue weighted by Crippen LogP contribution is 2.31. The summed E-state index contributed by atoms with van der Waals surface area (Å²) in [6.45, 7) is 0.983. The minimum Gasteiger partial charge on any atom is -0.394 e. The van der Waals surface area contributed by atoms with Gasteiger partial charge in [0, 0.05) is 39.2 Å². The standard InChI is InChI=1S/2C11H17N3O5/c1-5-3-14(11(17)13-9(5)12)10-8(18-2)7(16)6(4-15)19-10;1-12-7-3-4-14(11(17)13-7)10-9(18-2)8(16)6(5-15)19-10/h3,6-8,10,15-16H,4H2,1-2H3,(H2,12,13,17);3-4,6,8-10,15-16H,5H2,1-2H3,(H,12,13,17)/t6-,7+,8?,10-;6-,8+,9?,10-/m11/s1. The van der Waals surface area contributed by atoms with E-state index in [9.17, 15) is 19.8 Å². The number of hydrogen-bond acceptors (Lipinski definition) is 14. The van der Waals surface area contributed by atoms with E-state index in [0.717, 1.165) is 0 Å². The topological polar surface area (TPSA) is 226 Å². The highest BCUT2D eigenvalue weighted by molar-refractivity contribution is 5.35. The monoisotopic (exact) mass is 542 g/mol. The Morgan fingerprint density at radius 1 is 0.974 bits per heavy atom. The van der Waals surface area contributed by atoms with E-state index in [2.05, 4.69) is 15.3 Å². The van der Waals surface area contributed by atoms with Gasteiger partial charge in [-0.1, -0.05) is 0 Å². The number of aliphatic hydroxyl groups excluding tert-OH is 4. The van der Waals surface area contributed by atoms with Gasteiger partial charge in [-0.3, -0.25) is 9.13 Å². The summed E-state index contributed by atoms with van der Waals surface area (Å²) < 4.78 is 23.6. The molecular formula is C22H34N6O10. The SMILES string of the molecule is CNc1ccn([C@@H]2O[C@H](CO)[C@H](O)C2OC)c(=O)n1.COC1[C@@H](O)[C@@H](CO)O[C@H]1n1cc(C)c(N)nc1=O. The molecule has 0 amide bonds. The van der Waals surface area contributed by atoms with Crippen molar-refractivity contribution in [2.45, 2.75) is 56.0 Å². The Balaban J connectivity index is 0.000000211. The number of ether oxygens (including phenoxy) is 4. The highest BCUT2D eigenvalue weighted by Gasteiger charge is 2.46. The molecule has 0 aliphatic carbocycles. The molecule has 8 atom stereocenters. The zero-order valence-corrected chi connectivity index (χ0v) is 21.4. The van der Waals surface area contributed by atoms with Crippen LogP contribution in [0, 0.1) is 6.92 Å². The van der Waals surface area contributed by atoms with Crippen molar-refractivity contribution in [3.05, 3.63) is 45.0 Å². The summed E-state index contributed by atoms with van der Waals surface area (Å²) in [4.78, 5) is 31.2. The van der Waals surface area contributed by atoms with E-state index < -0.39 is 60.5 Å². The van der Waals surface area contributed by atoms with Crippen molar-refractivity contribution in [3.8, 4) is 0 Å². The van der Waals surface area contributed by atoms with Crippen LogP contribution in [0.3, 0.4) is 0 Å². The van der Waals surface area contributed by atoms with Gasteiger partial charge >= 0.3 is 11.4 Å². The van der Waals surface area contributed by atoms with Gasteiger partial charge in [-0.15, -0.1) is 0 Å². The van der Waals surface area contributed by atoms with Crippen LogP contribution in [0.15, 0.2) is 28.0 Å². The van der Waals surface area contributed by atoms with Gasteiger partial charge in [0.05, 0.1) is 13.2 Å². The van der Waals surface area contributed by atoms with E-state index in [1.807, 2.05) is 0 Å². The molecule has 0 radical (unpaired) electrons. The fourth-order valence-electron chi connectivity index (χ4n) is 4.20. The number of anilines is 2. The molecule has 0 saturated carbocycles. The van der Waals surface area contributed by atoms with Crippen molar-refractivity contribution in [1.82, 2.24) is 19.1 Å². The smallest absolute Gasteiger partial charge is 0.351 e. The largest absolute Gasteiger partial charge is 0.394 e. The summed E-state index contributed by atoms with van der Waals surface area (Å²) >= 11 is 0. The Bertz CT molecular complexity index is 1190. The molecule has 2 aromatic heterocycles. The second-order valence-electron chi connectivity index (χ2n) is 8.63. The Morgan fingerprint density at radius 3 is 1.92 bits per heavy atom. The maximum atomic E-state index is 11.9. The fraction of sp³-hybridized carbons (Fsp3) is 0.636. The summed E-state index contributed by atoms with van der Waals surface area (Å²) in [5.74, 6) is 0.583. The van der Waals surface area contributed by atoms with Gasteiger partial charge in [0.1, 0.15) is 48.3 Å². The van der Waals surface area contributed by atoms with Crippen LogP contribution in [0.4, 0.5) is 11.6 Å².